The van der Waals surface area contributed by atoms with Crippen molar-refractivity contribution in [3.8, 4) is 0 Å². The Labute approximate surface area is 132 Å². The number of hydrogen-bond donors (Lipinski definition) is 1. The smallest absolute Gasteiger partial charge is 0.408 e. The molecule has 0 radical (unpaired) electrons. The number of methoxy groups -OCH3 is 1. The van der Waals surface area contributed by atoms with Crippen LogP contribution >= 0.6 is 0 Å². The van der Waals surface area contributed by atoms with Gasteiger partial charge in [0.05, 0.1) is 7.11 Å². The van der Waals surface area contributed by atoms with Gasteiger partial charge >= 0.3 is 18.0 Å². The summed E-state index contributed by atoms with van der Waals surface area (Å²) in [4.78, 5) is 35.2. The Hall–Kier alpha value is -1.57. The minimum atomic E-state index is -2.10. The molecule has 0 aliphatic rings. The van der Waals surface area contributed by atoms with Crippen molar-refractivity contribution in [3.05, 3.63) is 0 Å². The molecule has 1 amide bonds. The number of hydrogen-bond acceptors (Lipinski definition) is 6. The van der Waals surface area contributed by atoms with Crippen molar-refractivity contribution in [2.24, 2.45) is 0 Å². The first-order valence-electron chi connectivity index (χ1n) is 7.13. The maximum atomic E-state index is 12.2. The normalized spacial score (nSPS) is 13.0. The van der Waals surface area contributed by atoms with E-state index in [1.54, 1.807) is 20.8 Å². The molecule has 0 aliphatic heterocycles. The zero-order valence-corrected chi connectivity index (χ0v) is 15.4. The summed E-state index contributed by atoms with van der Waals surface area (Å²) >= 11 is 0. The summed E-state index contributed by atoms with van der Waals surface area (Å²) in [5.41, 5.74) is -0.681. The average Bonchev–Trinajstić information content (AvgIpc) is 2.29. The Morgan fingerprint density at radius 2 is 1.68 bits per heavy atom. The van der Waals surface area contributed by atoms with Crippen LogP contribution in [0.5, 0.6) is 0 Å². The lowest BCUT2D eigenvalue weighted by Crippen LogP contribution is -2.47. The molecule has 0 saturated carbocycles. The van der Waals surface area contributed by atoms with Crippen LogP contribution in [0.2, 0.25) is 19.6 Å². The van der Waals surface area contributed by atoms with E-state index in [2.05, 4.69) is 10.1 Å². The third kappa shape index (κ3) is 10.2. The average molecular weight is 333 g/mol. The molecule has 8 heteroatoms. The number of alkyl carbamates (subject to hydrolysis) is 1. The summed E-state index contributed by atoms with van der Waals surface area (Å²) in [6.45, 7) is 10.7. The number of ether oxygens (including phenoxy) is 2. The van der Waals surface area contributed by atoms with E-state index < -0.39 is 38.0 Å². The summed E-state index contributed by atoms with van der Waals surface area (Å²) < 4.78 is 15.0. The van der Waals surface area contributed by atoms with E-state index in [4.69, 9.17) is 9.16 Å². The van der Waals surface area contributed by atoms with Crippen LogP contribution in [0, 0.1) is 0 Å². The van der Waals surface area contributed by atoms with E-state index >= 15 is 0 Å². The van der Waals surface area contributed by atoms with Crippen LogP contribution in [0.3, 0.4) is 0 Å². The summed E-state index contributed by atoms with van der Waals surface area (Å²) in [7, 11) is -0.840. The number of nitrogens with one attached hydrogen (secondary N) is 1. The lowest BCUT2D eigenvalue weighted by Gasteiger charge is -2.25. The molecule has 0 aliphatic carbocycles. The Bertz CT molecular complexity index is 411. The minimum absolute atomic E-state index is 0.00222. The molecule has 0 fully saturated rings. The highest BCUT2D eigenvalue weighted by Crippen LogP contribution is 2.11. The fraction of sp³-hybridized carbons (Fsp3) is 0.786. The summed E-state index contributed by atoms with van der Waals surface area (Å²) in [5.74, 6) is -1.02. The number of carbonyl (C=O) groups is 3. The van der Waals surface area contributed by atoms with Gasteiger partial charge in [-0.3, -0.25) is 9.59 Å². The lowest BCUT2D eigenvalue weighted by atomic mass is 10.1. The zero-order valence-electron chi connectivity index (χ0n) is 14.4. The van der Waals surface area contributed by atoms with Crippen molar-refractivity contribution >= 4 is 26.3 Å². The second-order valence-corrected chi connectivity index (χ2v) is 11.3. The zero-order chi connectivity index (χ0) is 17.6. The molecule has 0 spiro atoms. The monoisotopic (exact) mass is 333 g/mol. The first-order valence-corrected chi connectivity index (χ1v) is 10.5. The fourth-order valence-electron chi connectivity index (χ4n) is 1.44. The summed E-state index contributed by atoms with van der Waals surface area (Å²) in [6, 6.07) is -0.944. The quantitative estimate of drug-likeness (QED) is 0.592. The summed E-state index contributed by atoms with van der Waals surface area (Å²) in [6.07, 6.45) is -0.637. The standard InChI is InChI=1S/C14H27NO6Si/c1-14(2,3)20-13(18)15-10(8-9-11(16)19-4)12(17)21-22(5,6)7/h10H,8-9H2,1-7H3,(H,15,18)/t10-/m0/s1. The van der Waals surface area contributed by atoms with Crippen LogP contribution in [-0.4, -0.2) is 45.1 Å². The number of esters is 1. The van der Waals surface area contributed by atoms with Gasteiger partial charge in [-0.15, -0.1) is 0 Å². The van der Waals surface area contributed by atoms with E-state index in [0.717, 1.165) is 0 Å². The van der Waals surface area contributed by atoms with Gasteiger partial charge in [0.15, 0.2) is 0 Å². The van der Waals surface area contributed by atoms with Crippen molar-refractivity contribution in [3.63, 3.8) is 0 Å². The van der Waals surface area contributed by atoms with Gasteiger partial charge in [0.25, 0.3) is 0 Å². The van der Waals surface area contributed by atoms with Gasteiger partial charge < -0.3 is 19.2 Å². The molecule has 22 heavy (non-hydrogen) atoms. The van der Waals surface area contributed by atoms with Crippen LogP contribution in [0.1, 0.15) is 33.6 Å². The first-order chi connectivity index (χ1) is 9.84. The van der Waals surface area contributed by atoms with Crippen LogP contribution in [0.25, 0.3) is 0 Å². The van der Waals surface area contributed by atoms with E-state index in [-0.39, 0.29) is 12.8 Å². The third-order valence-electron chi connectivity index (χ3n) is 2.25. The second-order valence-electron chi connectivity index (χ2n) is 6.85. The van der Waals surface area contributed by atoms with E-state index in [1.807, 2.05) is 19.6 Å². The highest BCUT2D eigenvalue weighted by Gasteiger charge is 2.29. The second kappa shape index (κ2) is 8.16. The Balaban J connectivity index is 4.81. The van der Waals surface area contributed by atoms with Crippen LogP contribution in [0.15, 0.2) is 0 Å². The van der Waals surface area contributed by atoms with Gasteiger partial charge in [0, 0.05) is 6.42 Å². The molecule has 0 unspecified atom stereocenters. The topological polar surface area (TPSA) is 90.9 Å². The van der Waals surface area contributed by atoms with Crippen LogP contribution in [-0.2, 0) is 23.5 Å². The third-order valence-corrected chi connectivity index (χ3v) is 3.06. The Morgan fingerprint density at radius 1 is 1.14 bits per heavy atom. The van der Waals surface area contributed by atoms with Gasteiger partial charge in [-0.1, -0.05) is 0 Å². The molecule has 0 bridgehead atoms. The van der Waals surface area contributed by atoms with Crippen molar-refractivity contribution in [2.45, 2.75) is 64.9 Å². The molecular formula is C14H27NO6Si. The van der Waals surface area contributed by atoms with E-state index in [9.17, 15) is 14.4 Å². The van der Waals surface area contributed by atoms with Gasteiger partial charge in [-0.25, -0.2) is 4.79 Å². The predicted octanol–water partition coefficient (Wildman–Crippen LogP) is 2.21. The molecule has 1 atom stereocenters. The van der Waals surface area contributed by atoms with Crippen molar-refractivity contribution in [2.75, 3.05) is 7.11 Å². The SMILES string of the molecule is COC(=O)CC[C@H](NC(=O)OC(C)(C)C)C(=O)O[Si](C)(C)C. The van der Waals surface area contributed by atoms with Crippen molar-refractivity contribution in [1.82, 2.24) is 5.32 Å². The van der Waals surface area contributed by atoms with Gasteiger partial charge in [-0.05, 0) is 46.8 Å². The van der Waals surface area contributed by atoms with E-state index in [0.29, 0.717) is 0 Å². The number of carbonyl (C=O) groups excluding carboxylic acids is 3. The molecule has 0 heterocycles. The molecule has 0 aromatic rings. The molecular weight excluding hydrogens is 306 g/mol. The highest BCUT2D eigenvalue weighted by molar-refractivity contribution is 6.71. The maximum absolute atomic E-state index is 12.2. The maximum Gasteiger partial charge on any atom is 0.408 e. The minimum Gasteiger partial charge on any atom is -0.518 e. The number of rotatable bonds is 6. The fourth-order valence-corrected chi connectivity index (χ4v) is 2.18. The van der Waals surface area contributed by atoms with Gasteiger partial charge in [-0.2, -0.15) is 0 Å². The molecule has 0 rings (SSSR count). The Kier molecular flexibility index (Phi) is 7.58. The Morgan fingerprint density at radius 3 is 2.09 bits per heavy atom. The van der Waals surface area contributed by atoms with Crippen molar-refractivity contribution < 1.29 is 28.3 Å². The lowest BCUT2D eigenvalue weighted by molar-refractivity contribution is -0.141. The largest absolute Gasteiger partial charge is 0.518 e. The molecule has 0 saturated heterocycles. The molecule has 0 aromatic carbocycles. The van der Waals surface area contributed by atoms with Crippen LogP contribution < -0.4 is 5.32 Å². The van der Waals surface area contributed by atoms with Crippen molar-refractivity contribution in [1.29, 1.82) is 0 Å². The first kappa shape index (κ1) is 20.4. The summed E-state index contributed by atoms with van der Waals surface area (Å²) in [5, 5.41) is 2.45. The van der Waals surface area contributed by atoms with Gasteiger partial charge in [0.1, 0.15) is 11.6 Å². The molecule has 128 valence electrons. The number of amides is 1. The van der Waals surface area contributed by atoms with E-state index in [1.165, 1.54) is 7.11 Å². The van der Waals surface area contributed by atoms with Crippen LogP contribution in [0.4, 0.5) is 4.79 Å². The molecule has 0 aromatic heterocycles. The molecule has 1 N–H and O–H groups in total. The highest BCUT2D eigenvalue weighted by atomic mass is 28.4. The molecule has 7 nitrogen and oxygen atoms in total. The van der Waals surface area contributed by atoms with Gasteiger partial charge in [0.2, 0.25) is 8.32 Å². The predicted molar refractivity (Wildman–Crippen MR) is 83.8 cm³/mol.